The number of amides is 1. The standard InChI is InChI=1S/C23H19N3OS/c1-16-13-20(11-12-24-16)18-9-7-17(8-10-18)14-22(27)26-23-25-21(15-28-23)19-5-3-2-4-6-19/h2-13,15H,14H2,1H3,(H,25,26,27). The van der Waals surface area contributed by atoms with Crippen LogP contribution in [0.1, 0.15) is 11.3 Å². The highest BCUT2D eigenvalue weighted by molar-refractivity contribution is 7.14. The maximum Gasteiger partial charge on any atom is 0.230 e. The van der Waals surface area contributed by atoms with E-state index in [2.05, 4.69) is 21.4 Å². The Morgan fingerprint density at radius 3 is 2.50 bits per heavy atom. The van der Waals surface area contributed by atoms with Gasteiger partial charge >= 0.3 is 0 Å². The van der Waals surface area contributed by atoms with Gasteiger partial charge in [-0.05, 0) is 35.7 Å². The quantitative estimate of drug-likeness (QED) is 0.503. The van der Waals surface area contributed by atoms with Crippen LogP contribution in [0.15, 0.2) is 78.3 Å². The number of benzene rings is 2. The molecule has 138 valence electrons. The van der Waals surface area contributed by atoms with Crippen LogP contribution in [-0.2, 0) is 11.2 Å². The number of pyridine rings is 1. The minimum atomic E-state index is -0.0681. The van der Waals surface area contributed by atoms with Crippen molar-refractivity contribution in [3.05, 3.63) is 89.6 Å². The van der Waals surface area contributed by atoms with E-state index in [1.165, 1.54) is 11.3 Å². The molecule has 0 fully saturated rings. The van der Waals surface area contributed by atoms with E-state index >= 15 is 0 Å². The molecule has 0 atom stereocenters. The van der Waals surface area contributed by atoms with Crippen LogP contribution >= 0.6 is 11.3 Å². The minimum Gasteiger partial charge on any atom is -0.302 e. The lowest BCUT2D eigenvalue weighted by atomic mass is 10.0. The zero-order valence-corrected chi connectivity index (χ0v) is 16.2. The largest absolute Gasteiger partial charge is 0.302 e. The SMILES string of the molecule is Cc1cc(-c2ccc(CC(=O)Nc3nc(-c4ccccc4)cs3)cc2)ccn1. The number of aromatic nitrogens is 2. The molecule has 0 saturated carbocycles. The second-order valence-electron chi connectivity index (χ2n) is 6.51. The van der Waals surface area contributed by atoms with Gasteiger partial charge in [-0.2, -0.15) is 0 Å². The first-order chi connectivity index (χ1) is 13.7. The molecule has 5 heteroatoms. The van der Waals surface area contributed by atoms with E-state index in [-0.39, 0.29) is 5.91 Å². The molecule has 0 aliphatic heterocycles. The molecule has 0 aliphatic rings. The van der Waals surface area contributed by atoms with Gasteiger partial charge < -0.3 is 5.32 Å². The molecular weight excluding hydrogens is 366 g/mol. The molecule has 0 aliphatic carbocycles. The Kier molecular flexibility index (Phi) is 5.26. The molecule has 4 aromatic rings. The van der Waals surface area contributed by atoms with Crippen LogP contribution in [0.25, 0.3) is 22.4 Å². The highest BCUT2D eigenvalue weighted by Gasteiger charge is 2.09. The third-order valence-electron chi connectivity index (χ3n) is 4.37. The van der Waals surface area contributed by atoms with Gasteiger partial charge in [-0.1, -0.05) is 54.6 Å². The van der Waals surface area contributed by atoms with E-state index in [0.29, 0.717) is 11.6 Å². The first kappa shape index (κ1) is 18.1. The summed E-state index contributed by atoms with van der Waals surface area (Å²) in [4.78, 5) is 21.1. The highest BCUT2D eigenvalue weighted by atomic mass is 32.1. The topological polar surface area (TPSA) is 54.9 Å². The zero-order chi connectivity index (χ0) is 19.3. The van der Waals surface area contributed by atoms with Crippen molar-refractivity contribution >= 4 is 22.4 Å². The molecule has 0 saturated heterocycles. The smallest absolute Gasteiger partial charge is 0.230 e. The lowest BCUT2D eigenvalue weighted by Crippen LogP contribution is -2.14. The molecule has 2 aromatic carbocycles. The molecule has 0 radical (unpaired) electrons. The summed E-state index contributed by atoms with van der Waals surface area (Å²) in [5.74, 6) is -0.0681. The van der Waals surface area contributed by atoms with Crippen LogP contribution in [0.4, 0.5) is 5.13 Å². The summed E-state index contributed by atoms with van der Waals surface area (Å²) in [5, 5.41) is 5.47. The van der Waals surface area contributed by atoms with Crippen molar-refractivity contribution in [3.8, 4) is 22.4 Å². The second-order valence-corrected chi connectivity index (χ2v) is 7.37. The van der Waals surface area contributed by atoms with E-state index in [9.17, 15) is 4.79 Å². The number of thiazole rings is 1. The van der Waals surface area contributed by atoms with E-state index in [1.54, 1.807) is 0 Å². The number of carbonyl (C=O) groups excluding carboxylic acids is 1. The second kappa shape index (κ2) is 8.15. The average molecular weight is 385 g/mol. The Labute approximate surface area is 167 Å². The van der Waals surface area contributed by atoms with Crippen molar-refractivity contribution in [2.24, 2.45) is 0 Å². The van der Waals surface area contributed by atoms with Gasteiger partial charge in [0.1, 0.15) is 0 Å². The number of aryl methyl sites for hydroxylation is 1. The number of hydrogen-bond acceptors (Lipinski definition) is 4. The number of carbonyl (C=O) groups is 1. The molecule has 0 bridgehead atoms. The first-order valence-electron chi connectivity index (χ1n) is 9.00. The summed E-state index contributed by atoms with van der Waals surface area (Å²) >= 11 is 1.44. The number of hydrogen-bond donors (Lipinski definition) is 1. The van der Waals surface area contributed by atoms with Crippen LogP contribution in [0, 0.1) is 6.92 Å². The van der Waals surface area contributed by atoms with Gasteiger partial charge in [0.05, 0.1) is 12.1 Å². The molecular formula is C23H19N3OS. The summed E-state index contributed by atoms with van der Waals surface area (Å²) < 4.78 is 0. The summed E-state index contributed by atoms with van der Waals surface area (Å²) in [6.07, 6.45) is 2.12. The van der Waals surface area contributed by atoms with Crippen molar-refractivity contribution in [3.63, 3.8) is 0 Å². The molecule has 0 spiro atoms. The molecule has 2 heterocycles. The van der Waals surface area contributed by atoms with Gasteiger partial charge in [-0.25, -0.2) is 4.98 Å². The Morgan fingerprint density at radius 1 is 0.964 bits per heavy atom. The Morgan fingerprint density at radius 2 is 1.75 bits per heavy atom. The van der Waals surface area contributed by atoms with E-state index in [0.717, 1.165) is 33.6 Å². The summed E-state index contributed by atoms with van der Waals surface area (Å²) in [6, 6.07) is 22.0. The van der Waals surface area contributed by atoms with Crippen molar-refractivity contribution < 1.29 is 4.79 Å². The Bertz CT molecular complexity index is 1090. The predicted molar refractivity (Wildman–Crippen MR) is 114 cm³/mol. The third kappa shape index (κ3) is 4.32. The molecule has 1 amide bonds. The predicted octanol–water partition coefficient (Wildman–Crippen LogP) is 5.36. The van der Waals surface area contributed by atoms with E-state index < -0.39 is 0 Å². The molecule has 2 aromatic heterocycles. The van der Waals surface area contributed by atoms with Gasteiger partial charge in [-0.3, -0.25) is 9.78 Å². The fourth-order valence-electron chi connectivity index (χ4n) is 2.96. The van der Waals surface area contributed by atoms with E-state index in [4.69, 9.17) is 0 Å². The summed E-state index contributed by atoms with van der Waals surface area (Å²) in [5.41, 5.74) is 6.10. The number of anilines is 1. The van der Waals surface area contributed by atoms with E-state index in [1.807, 2.05) is 79.2 Å². The lowest BCUT2D eigenvalue weighted by Gasteiger charge is -2.05. The van der Waals surface area contributed by atoms with Crippen LogP contribution in [0.2, 0.25) is 0 Å². The number of nitrogens with zero attached hydrogens (tertiary/aromatic N) is 2. The molecule has 1 N–H and O–H groups in total. The number of rotatable bonds is 5. The maximum atomic E-state index is 12.4. The summed E-state index contributed by atoms with van der Waals surface area (Å²) in [6.45, 7) is 1.98. The van der Waals surface area contributed by atoms with Crippen molar-refractivity contribution in [2.75, 3.05) is 5.32 Å². The van der Waals surface area contributed by atoms with Gasteiger partial charge in [-0.15, -0.1) is 11.3 Å². The fraction of sp³-hybridized carbons (Fsp3) is 0.0870. The first-order valence-corrected chi connectivity index (χ1v) is 9.88. The Hall–Kier alpha value is -3.31. The highest BCUT2D eigenvalue weighted by Crippen LogP contribution is 2.25. The molecule has 4 rings (SSSR count). The molecule has 0 unspecified atom stereocenters. The summed E-state index contributed by atoms with van der Waals surface area (Å²) in [7, 11) is 0. The van der Waals surface area contributed by atoms with Crippen LogP contribution < -0.4 is 5.32 Å². The Balaban J connectivity index is 1.39. The van der Waals surface area contributed by atoms with Gasteiger partial charge in [0.15, 0.2) is 5.13 Å². The fourth-order valence-corrected chi connectivity index (χ4v) is 3.70. The van der Waals surface area contributed by atoms with Gasteiger partial charge in [0, 0.05) is 22.8 Å². The maximum absolute atomic E-state index is 12.4. The molecule has 28 heavy (non-hydrogen) atoms. The van der Waals surface area contributed by atoms with Crippen LogP contribution in [0.3, 0.4) is 0 Å². The molecule has 4 nitrogen and oxygen atoms in total. The lowest BCUT2D eigenvalue weighted by molar-refractivity contribution is -0.115. The van der Waals surface area contributed by atoms with Crippen molar-refractivity contribution in [1.82, 2.24) is 9.97 Å². The van der Waals surface area contributed by atoms with Crippen molar-refractivity contribution in [2.45, 2.75) is 13.3 Å². The third-order valence-corrected chi connectivity index (χ3v) is 5.13. The zero-order valence-electron chi connectivity index (χ0n) is 15.4. The van der Waals surface area contributed by atoms with Crippen molar-refractivity contribution in [1.29, 1.82) is 0 Å². The van der Waals surface area contributed by atoms with Gasteiger partial charge in [0.25, 0.3) is 0 Å². The van der Waals surface area contributed by atoms with Crippen LogP contribution in [-0.4, -0.2) is 15.9 Å². The normalized spacial score (nSPS) is 10.6. The van der Waals surface area contributed by atoms with Crippen LogP contribution in [0.5, 0.6) is 0 Å². The number of nitrogens with one attached hydrogen (secondary N) is 1. The monoisotopic (exact) mass is 385 g/mol. The van der Waals surface area contributed by atoms with Gasteiger partial charge in [0.2, 0.25) is 5.91 Å². The minimum absolute atomic E-state index is 0.0681. The average Bonchev–Trinajstić information content (AvgIpc) is 3.17.